The van der Waals surface area contributed by atoms with Gasteiger partial charge in [0.15, 0.2) is 12.1 Å². The summed E-state index contributed by atoms with van der Waals surface area (Å²) in [5.41, 5.74) is 0. The fourth-order valence-electron chi connectivity index (χ4n) is 6.75. The first-order valence-electron chi connectivity index (χ1n) is 23.7. The van der Waals surface area contributed by atoms with Crippen LogP contribution < -0.4 is 0 Å². The van der Waals surface area contributed by atoms with Crippen LogP contribution in [-0.2, 0) is 28.6 Å². The lowest BCUT2D eigenvalue weighted by atomic mass is 10.1. The van der Waals surface area contributed by atoms with E-state index in [-0.39, 0.29) is 42.7 Å². The van der Waals surface area contributed by atoms with Crippen LogP contribution in [0.3, 0.4) is 0 Å². The SMILES string of the molecule is CCCCCCCC/C=C/C/C=C/C/C=C/CCCC(=O)OC(COCCC(C(=O)O)[N+](C)(C)C)COC(=O)CCCCCCCCC/C=C/CCCCCCCC. The number of carbonyl (C=O) groups is 3. The van der Waals surface area contributed by atoms with Crippen molar-refractivity contribution in [3.05, 3.63) is 48.6 Å². The van der Waals surface area contributed by atoms with Crippen molar-refractivity contribution in [2.75, 3.05) is 41.0 Å². The zero-order valence-electron chi connectivity index (χ0n) is 38.2. The molecule has 0 rings (SSSR count). The lowest BCUT2D eigenvalue weighted by Gasteiger charge is -2.31. The van der Waals surface area contributed by atoms with E-state index >= 15 is 0 Å². The Morgan fingerprint density at radius 1 is 0.517 bits per heavy atom. The number of esters is 2. The van der Waals surface area contributed by atoms with E-state index in [9.17, 15) is 19.5 Å². The number of nitrogens with zero attached hydrogens (tertiary/aromatic N) is 1. The van der Waals surface area contributed by atoms with Crippen molar-refractivity contribution >= 4 is 17.9 Å². The van der Waals surface area contributed by atoms with Crippen molar-refractivity contribution in [3.63, 3.8) is 0 Å². The maximum atomic E-state index is 12.7. The third-order valence-corrected chi connectivity index (χ3v) is 10.5. The second-order valence-corrected chi connectivity index (χ2v) is 17.0. The molecule has 0 aliphatic carbocycles. The summed E-state index contributed by atoms with van der Waals surface area (Å²) in [6.45, 7) is 4.67. The molecule has 2 unspecified atom stereocenters. The third kappa shape index (κ3) is 38.8. The highest BCUT2D eigenvalue weighted by molar-refractivity contribution is 5.72. The minimum atomic E-state index is -0.883. The van der Waals surface area contributed by atoms with Gasteiger partial charge in [0.1, 0.15) is 6.61 Å². The van der Waals surface area contributed by atoms with E-state index in [1.807, 2.05) is 21.1 Å². The lowest BCUT2D eigenvalue weighted by Crippen LogP contribution is -2.50. The van der Waals surface area contributed by atoms with E-state index < -0.39 is 18.1 Å². The molecule has 0 heterocycles. The number of carbonyl (C=O) groups excluding carboxylic acids is 2. The smallest absolute Gasteiger partial charge is 0.362 e. The van der Waals surface area contributed by atoms with Gasteiger partial charge < -0.3 is 23.8 Å². The minimum absolute atomic E-state index is 0.0396. The van der Waals surface area contributed by atoms with Gasteiger partial charge in [-0.2, -0.15) is 0 Å². The lowest BCUT2D eigenvalue weighted by molar-refractivity contribution is -0.887. The standard InChI is InChI=1S/C50H89NO7/c1-6-8-10-12-14-16-18-20-22-24-26-28-30-32-34-36-38-40-48(52)57-45-46(44-56-43-42-47(50(54)55)51(3,4)5)58-49(53)41-39-37-35-33-31-29-27-25-23-21-19-17-15-13-11-9-7-2/h20-23,27,29,33,35,46-47H,6-19,24-26,28,30-32,34,36-45H2,1-5H3/p+1/b22-20+,23-21+,29-27+,35-33+. The molecule has 0 saturated heterocycles. The molecular weight excluding hydrogens is 727 g/mol. The quantitative estimate of drug-likeness (QED) is 0.0283. The molecule has 0 bridgehead atoms. The van der Waals surface area contributed by atoms with Crippen molar-refractivity contribution in [3.8, 4) is 0 Å². The van der Waals surface area contributed by atoms with E-state index in [2.05, 4.69) is 62.5 Å². The molecule has 2 atom stereocenters. The highest BCUT2D eigenvalue weighted by atomic mass is 16.6. The van der Waals surface area contributed by atoms with Crippen molar-refractivity contribution < 1.29 is 38.2 Å². The minimum Gasteiger partial charge on any atom is -0.477 e. The zero-order valence-corrected chi connectivity index (χ0v) is 38.2. The summed E-state index contributed by atoms with van der Waals surface area (Å²) in [7, 11) is 5.51. The number of hydrogen-bond acceptors (Lipinski definition) is 6. The van der Waals surface area contributed by atoms with Crippen molar-refractivity contribution in [2.45, 2.75) is 212 Å². The number of carboxylic acids is 1. The van der Waals surface area contributed by atoms with Gasteiger partial charge in [0.25, 0.3) is 0 Å². The highest BCUT2D eigenvalue weighted by Crippen LogP contribution is 2.14. The topological polar surface area (TPSA) is 99.1 Å². The molecule has 1 N–H and O–H groups in total. The van der Waals surface area contributed by atoms with Gasteiger partial charge in [-0.3, -0.25) is 9.59 Å². The van der Waals surface area contributed by atoms with Gasteiger partial charge in [-0.25, -0.2) is 4.79 Å². The molecule has 0 aromatic rings. The molecule has 0 aliphatic heterocycles. The zero-order chi connectivity index (χ0) is 42.8. The predicted molar refractivity (Wildman–Crippen MR) is 243 cm³/mol. The summed E-state index contributed by atoms with van der Waals surface area (Å²) in [6, 6.07) is -0.624. The van der Waals surface area contributed by atoms with Crippen LogP contribution in [0.15, 0.2) is 48.6 Å². The summed E-state index contributed by atoms with van der Waals surface area (Å²) >= 11 is 0. The number of likely N-dealkylation sites (N-methyl/N-ethyl adjacent to an activating group) is 1. The third-order valence-electron chi connectivity index (χ3n) is 10.5. The number of unbranched alkanes of at least 4 members (excludes halogenated alkanes) is 20. The van der Waals surface area contributed by atoms with Crippen LogP contribution in [0.2, 0.25) is 0 Å². The summed E-state index contributed by atoms with van der Waals surface area (Å²) in [5.74, 6) is -1.54. The summed E-state index contributed by atoms with van der Waals surface area (Å²) in [4.78, 5) is 37.0. The number of allylic oxidation sites excluding steroid dienone is 8. The number of aliphatic carboxylic acids is 1. The summed E-state index contributed by atoms with van der Waals surface area (Å²) in [5, 5.41) is 9.63. The van der Waals surface area contributed by atoms with Crippen molar-refractivity contribution in [2.24, 2.45) is 0 Å². The number of quaternary nitrogens is 1. The van der Waals surface area contributed by atoms with Gasteiger partial charge in [0, 0.05) is 19.3 Å². The second kappa shape index (κ2) is 41.0. The Bertz CT molecular complexity index is 1090. The maximum Gasteiger partial charge on any atom is 0.362 e. The van der Waals surface area contributed by atoms with E-state index in [1.54, 1.807) is 0 Å². The van der Waals surface area contributed by atoms with Crippen LogP contribution in [0, 0.1) is 0 Å². The number of rotatable bonds is 42. The number of carboxylic acid groups (broad SMARTS) is 1. The molecule has 0 aromatic carbocycles. The molecule has 0 aromatic heterocycles. The largest absolute Gasteiger partial charge is 0.477 e. The Balaban J connectivity index is 4.39. The first-order chi connectivity index (χ1) is 28.1. The van der Waals surface area contributed by atoms with Crippen LogP contribution in [0.25, 0.3) is 0 Å². The van der Waals surface area contributed by atoms with E-state index in [0.717, 1.165) is 38.5 Å². The number of ether oxygens (including phenoxy) is 3. The molecular formula is C50H90NO7+. The molecule has 0 fully saturated rings. The molecule has 8 nitrogen and oxygen atoms in total. The first kappa shape index (κ1) is 55.3. The fourth-order valence-corrected chi connectivity index (χ4v) is 6.75. The Morgan fingerprint density at radius 2 is 0.931 bits per heavy atom. The Labute approximate surface area is 356 Å². The van der Waals surface area contributed by atoms with Gasteiger partial charge in [0.2, 0.25) is 0 Å². The monoisotopic (exact) mass is 817 g/mol. The average Bonchev–Trinajstić information content (AvgIpc) is 3.18. The predicted octanol–water partition coefficient (Wildman–Crippen LogP) is 13.2. The van der Waals surface area contributed by atoms with Crippen molar-refractivity contribution in [1.29, 1.82) is 0 Å². The Hall–Kier alpha value is -2.71. The van der Waals surface area contributed by atoms with Gasteiger partial charge in [-0.15, -0.1) is 0 Å². The summed E-state index contributed by atoms with van der Waals surface area (Å²) in [6.07, 6.45) is 48.8. The number of hydrogen-bond donors (Lipinski definition) is 1. The van der Waals surface area contributed by atoms with Crippen molar-refractivity contribution in [1.82, 2.24) is 0 Å². The Morgan fingerprint density at radius 3 is 1.41 bits per heavy atom. The molecule has 0 spiro atoms. The first-order valence-corrected chi connectivity index (χ1v) is 23.7. The molecule has 0 amide bonds. The fraction of sp³-hybridized carbons (Fsp3) is 0.780. The maximum absolute atomic E-state index is 12.7. The van der Waals surface area contributed by atoms with E-state index in [0.29, 0.717) is 19.3 Å². The van der Waals surface area contributed by atoms with Crippen LogP contribution in [-0.4, -0.2) is 80.6 Å². The van der Waals surface area contributed by atoms with Gasteiger partial charge in [0.05, 0.1) is 34.4 Å². The second-order valence-electron chi connectivity index (χ2n) is 17.0. The molecule has 8 heteroatoms. The van der Waals surface area contributed by atoms with Crippen LogP contribution in [0.5, 0.6) is 0 Å². The van der Waals surface area contributed by atoms with Crippen LogP contribution in [0.1, 0.15) is 200 Å². The van der Waals surface area contributed by atoms with E-state index in [1.165, 1.54) is 122 Å². The average molecular weight is 817 g/mol. The molecule has 0 aliphatic rings. The highest BCUT2D eigenvalue weighted by Gasteiger charge is 2.31. The molecule has 0 saturated carbocycles. The normalized spacial score (nSPS) is 13.3. The van der Waals surface area contributed by atoms with Gasteiger partial charge in [-0.05, 0) is 70.6 Å². The Kier molecular flexibility index (Phi) is 39.1. The molecule has 58 heavy (non-hydrogen) atoms. The van der Waals surface area contributed by atoms with Gasteiger partial charge >= 0.3 is 17.9 Å². The molecule has 0 radical (unpaired) electrons. The molecule has 336 valence electrons. The van der Waals surface area contributed by atoms with Crippen LogP contribution in [0.4, 0.5) is 0 Å². The van der Waals surface area contributed by atoms with Gasteiger partial charge in [-0.1, -0.05) is 159 Å². The summed E-state index contributed by atoms with van der Waals surface area (Å²) < 4.78 is 17.2. The van der Waals surface area contributed by atoms with E-state index in [4.69, 9.17) is 14.2 Å². The van der Waals surface area contributed by atoms with Crippen LogP contribution >= 0.6 is 0 Å².